The van der Waals surface area contributed by atoms with Crippen LogP contribution in [0.2, 0.25) is 0 Å². The van der Waals surface area contributed by atoms with Crippen molar-refractivity contribution in [3.05, 3.63) is 65.5 Å². The van der Waals surface area contributed by atoms with E-state index in [0.717, 1.165) is 12.1 Å². The van der Waals surface area contributed by atoms with Crippen LogP contribution in [0.25, 0.3) is 0 Å². The average Bonchev–Trinajstić information content (AvgIpc) is 2.47. The van der Waals surface area contributed by atoms with Crippen molar-refractivity contribution in [1.82, 2.24) is 10.3 Å². The Labute approximate surface area is 119 Å². The Morgan fingerprint density at radius 3 is 2.38 bits per heavy atom. The fraction of sp³-hybridized carbons (Fsp3) is 0.200. The summed E-state index contributed by atoms with van der Waals surface area (Å²) in [6, 6.07) is 7.57. The van der Waals surface area contributed by atoms with Crippen molar-refractivity contribution in [1.29, 1.82) is 0 Å². The van der Waals surface area contributed by atoms with Crippen molar-refractivity contribution in [2.45, 2.75) is 19.1 Å². The van der Waals surface area contributed by atoms with Gasteiger partial charge in [-0.15, -0.1) is 0 Å². The first-order valence-electron chi connectivity index (χ1n) is 6.26. The van der Waals surface area contributed by atoms with E-state index in [1.807, 2.05) is 0 Å². The molecule has 1 heterocycles. The van der Waals surface area contributed by atoms with Crippen LogP contribution in [-0.4, -0.2) is 10.9 Å². The summed E-state index contributed by atoms with van der Waals surface area (Å²) in [6.07, 6.45) is -1.38. The topological polar surface area (TPSA) is 42.0 Å². The van der Waals surface area contributed by atoms with Crippen molar-refractivity contribution < 1.29 is 18.0 Å². The summed E-state index contributed by atoms with van der Waals surface area (Å²) in [5, 5.41) is 2.71. The molecule has 0 aliphatic carbocycles. The van der Waals surface area contributed by atoms with Crippen LogP contribution < -0.4 is 5.32 Å². The van der Waals surface area contributed by atoms with Gasteiger partial charge < -0.3 is 5.32 Å². The Bertz CT molecular complexity index is 609. The smallest absolute Gasteiger partial charge is 0.345 e. The predicted octanol–water partition coefficient (Wildman–Crippen LogP) is 3.59. The van der Waals surface area contributed by atoms with Gasteiger partial charge in [0.05, 0.1) is 17.2 Å². The lowest BCUT2D eigenvalue weighted by Crippen LogP contribution is -2.26. The number of nitrogens with one attached hydrogen (secondary N) is 1. The Morgan fingerprint density at radius 2 is 1.86 bits per heavy atom. The van der Waals surface area contributed by atoms with Gasteiger partial charge in [-0.1, -0.05) is 12.1 Å². The molecule has 1 aromatic heterocycles. The van der Waals surface area contributed by atoms with Gasteiger partial charge in [0.1, 0.15) is 0 Å². The third-order valence-corrected chi connectivity index (χ3v) is 3.01. The number of alkyl halides is 3. The SMILES string of the molecule is C[C@H](NC(=O)c1cccnc1)c1ccc(C(F)(F)F)cc1. The molecular formula is C15H13F3N2O. The summed E-state index contributed by atoms with van der Waals surface area (Å²) in [5.74, 6) is -0.324. The van der Waals surface area contributed by atoms with E-state index in [0.29, 0.717) is 11.1 Å². The van der Waals surface area contributed by atoms with Crippen LogP contribution in [0.4, 0.5) is 13.2 Å². The molecule has 2 rings (SSSR count). The van der Waals surface area contributed by atoms with E-state index in [4.69, 9.17) is 0 Å². The number of pyridine rings is 1. The average molecular weight is 294 g/mol. The summed E-state index contributed by atoms with van der Waals surface area (Å²) in [6.45, 7) is 1.71. The standard InChI is InChI=1S/C15H13F3N2O/c1-10(20-14(21)12-3-2-8-19-9-12)11-4-6-13(7-5-11)15(16,17)18/h2-10H,1H3,(H,20,21)/t10-/m0/s1. The summed E-state index contributed by atoms with van der Waals surface area (Å²) in [5.41, 5.74) is 0.286. The molecule has 0 aliphatic rings. The number of halogens is 3. The summed E-state index contributed by atoms with van der Waals surface area (Å²) >= 11 is 0. The monoisotopic (exact) mass is 294 g/mol. The van der Waals surface area contributed by atoms with Gasteiger partial charge in [0.15, 0.2) is 0 Å². The quantitative estimate of drug-likeness (QED) is 0.940. The van der Waals surface area contributed by atoms with E-state index in [1.165, 1.54) is 18.3 Å². The third-order valence-electron chi connectivity index (χ3n) is 3.01. The van der Waals surface area contributed by atoms with Crippen LogP contribution in [0.15, 0.2) is 48.8 Å². The van der Waals surface area contributed by atoms with Gasteiger partial charge in [0.25, 0.3) is 5.91 Å². The molecule has 0 radical (unpaired) electrons. The molecule has 6 heteroatoms. The molecule has 0 spiro atoms. The Hall–Kier alpha value is -2.37. The van der Waals surface area contributed by atoms with Gasteiger partial charge in [-0.25, -0.2) is 0 Å². The number of hydrogen-bond donors (Lipinski definition) is 1. The minimum Gasteiger partial charge on any atom is -0.345 e. The number of nitrogens with zero attached hydrogens (tertiary/aromatic N) is 1. The van der Waals surface area contributed by atoms with Crippen molar-refractivity contribution in [2.75, 3.05) is 0 Å². The molecule has 1 atom stereocenters. The maximum absolute atomic E-state index is 12.5. The number of rotatable bonds is 3. The van der Waals surface area contributed by atoms with Gasteiger partial charge in [0, 0.05) is 12.4 Å². The number of amides is 1. The van der Waals surface area contributed by atoms with E-state index in [2.05, 4.69) is 10.3 Å². The van der Waals surface area contributed by atoms with Crippen LogP contribution >= 0.6 is 0 Å². The van der Waals surface area contributed by atoms with Gasteiger partial charge in [0.2, 0.25) is 0 Å². The van der Waals surface area contributed by atoms with Gasteiger partial charge in [-0.2, -0.15) is 13.2 Å². The van der Waals surface area contributed by atoms with Crippen LogP contribution in [0.5, 0.6) is 0 Å². The first-order valence-corrected chi connectivity index (χ1v) is 6.26. The lowest BCUT2D eigenvalue weighted by atomic mass is 10.1. The fourth-order valence-corrected chi connectivity index (χ4v) is 1.82. The molecule has 0 fully saturated rings. The molecule has 1 aromatic carbocycles. The second kappa shape index (κ2) is 5.95. The second-order valence-electron chi connectivity index (χ2n) is 4.56. The third kappa shape index (κ3) is 3.81. The molecule has 3 nitrogen and oxygen atoms in total. The second-order valence-corrected chi connectivity index (χ2v) is 4.56. The highest BCUT2D eigenvalue weighted by atomic mass is 19.4. The molecule has 0 saturated carbocycles. The molecule has 0 unspecified atom stereocenters. The minimum atomic E-state index is -4.36. The number of carbonyl (C=O) groups excluding carboxylic acids is 1. The molecule has 0 saturated heterocycles. The lowest BCUT2D eigenvalue weighted by molar-refractivity contribution is -0.137. The van der Waals surface area contributed by atoms with Crippen molar-refractivity contribution in [3.8, 4) is 0 Å². The fourth-order valence-electron chi connectivity index (χ4n) is 1.82. The highest BCUT2D eigenvalue weighted by Crippen LogP contribution is 2.29. The van der Waals surface area contributed by atoms with Crippen LogP contribution in [-0.2, 0) is 6.18 Å². The van der Waals surface area contributed by atoms with Gasteiger partial charge >= 0.3 is 6.18 Å². The molecule has 2 aromatic rings. The van der Waals surface area contributed by atoms with E-state index < -0.39 is 17.8 Å². The van der Waals surface area contributed by atoms with Crippen molar-refractivity contribution in [3.63, 3.8) is 0 Å². The highest BCUT2D eigenvalue weighted by Gasteiger charge is 2.30. The zero-order valence-corrected chi connectivity index (χ0v) is 11.2. The summed E-state index contributed by atoms with van der Waals surface area (Å²) < 4.78 is 37.4. The number of benzene rings is 1. The molecular weight excluding hydrogens is 281 g/mol. The Balaban J connectivity index is 2.07. The predicted molar refractivity (Wildman–Crippen MR) is 71.6 cm³/mol. The van der Waals surface area contributed by atoms with Crippen molar-refractivity contribution >= 4 is 5.91 Å². The Kier molecular flexibility index (Phi) is 4.26. The molecule has 21 heavy (non-hydrogen) atoms. The molecule has 0 aliphatic heterocycles. The van der Waals surface area contributed by atoms with Crippen LogP contribution in [0.1, 0.15) is 34.5 Å². The van der Waals surface area contributed by atoms with Gasteiger partial charge in [-0.05, 0) is 36.8 Å². The van der Waals surface area contributed by atoms with Crippen LogP contribution in [0, 0.1) is 0 Å². The molecule has 1 amide bonds. The zero-order chi connectivity index (χ0) is 15.5. The van der Waals surface area contributed by atoms with Crippen LogP contribution in [0.3, 0.4) is 0 Å². The lowest BCUT2D eigenvalue weighted by Gasteiger charge is -2.15. The molecule has 1 N–H and O–H groups in total. The largest absolute Gasteiger partial charge is 0.416 e. The molecule has 0 bridgehead atoms. The zero-order valence-electron chi connectivity index (χ0n) is 11.2. The number of aromatic nitrogens is 1. The van der Waals surface area contributed by atoms with E-state index in [1.54, 1.807) is 25.3 Å². The number of carbonyl (C=O) groups is 1. The summed E-state index contributed by atoms with van der Waals surface area (Å²) in [7, 11) is 0. The summed E-state index contributed by atoms with van der Waals surface area (Å²) in [4.78, 5) is 15.8. The number of hydrogen-bond acceptors (Lipinski definition) is 2. The normalized spacial score (nSPS) is 12.8. The van der Waals surface area contributed by atoms with E-state index in [-0.39, 0.29) is 5.91 Å². The maximum atomic E-state index is 12.5. The first kappa shape index (κ1) is 15.0. The molecule has 110 valence electrons. The highest BCUT2D eigenvalue weighted by molar-refractivity contribution is 5.94. The van der Waals surface area contributed by atoms with E-state index >= 15 is 0 Å². The first-order chi connectivity index (χ1) is 9.88. The maximum Gasteiger partial charge on any atom is 0.416 e. The Morgan fingerprint density at radius 1 is 1.19 bits per heavy atom. The van der Waals surface area contributed by atoms with E-state index in [9.17, 15) is 18.0 Å². The van der Waals surface area contributed by atoms with Gasteiger partial charge in [-0.3, -0.25) is 9.78 Å². The minimum absolute atomic E-state index is 0.324. The van der Waals surface area contributed by atoms with Crippen molar-refractivity contribution in [2.24, 2.45) is 0 Å².